The van der Waals surface area contributed by atoms with E-state index in [0.717, 1.165) is 19.0 Å². The topological polar surface area (TPSA) is 41.1 Å². The Morgan fingerprint density at radius 2 is 2.05 bits per heavy atom. The van der Waals surface area contributed by atoms with Crippen LogP contribution in [0.3, 0.4) is 0 Å². The SMILES string of the molecule is CCNc1nc(N(C)CC2CC2C)cc(C(F)(F)F)n1. The Labute approximate surface area is 116 Å². The minimum atomic E-state index is -4.46. The van der Waals surface area contributed by atoms with Gasteiger partial charge in [0.2, 0.25) is 5.95 Å². The first-order valence-corrected chi connectivity index (χ1v) is 6.72. The second kappa shape index (κ2) is 5.46. The fraction of sp³-hybridized carbons (Fsp3) is 0.692. The van der Waals surface area contributed by atoms with E-state index in [0.29, 0.717) is 24.2 Å². The van der Waals surface area contributed by atoms with Gasteiger partial charge in [-0.25, -0.2) is 4.98 Å². The molecule has 1 saturated carbocycles. The first-order chi connectivity index (χ1) is 9.31. The van der Waals surface area contributed by atoms with Crippen molar-refractivity contribution in [3.05, 3.63) is 11.8 Å². The van der Waals surface area contributed by atoms with Gasteiger partial charge in [-0.1, -0.05) is 6.92 Å². The maximum Gasteiger partial charge on any atom is 0.433 e. The molecule has 2 rings (SSSR count). The molecule has 1 aromatic rings. The minimum Gasteiger partial charge on any atom is -0.359 e. The molecule has 1 aliphatic rings. The highest BCUT2D eigenvalue weighted by molar-refractivity contribution is 5.45. The number of rotatable bonds is 5. The average molecular weight is 288 g/mol. The molecule has 1 aromatic heterocycles. The van der Waals surface area contributed by atoms with E-state index in [2.05, 4.69) is 22.2 Å². The second-order valence-corrected chi connectivity index (χ2v) is 5.32. The summed E-state index contributed by atoms with van der Waals surface area (Å²) in [7, 11) is 1.77. The Morgan fingerprint density at radius 1 is 1.40 bits per heavy atom. The van der Waals surface area contributed by atoms with Crippen LogP contribution in [0.1, 0.15) is 26.0 Å². The lowest BCUT2D eigenvalue weighted by Crippen LogP contribution is -2.23. The Hall–Kier alpha value is -1.53. The molecule has 0 aliphatic heterocycles. The molecule has 20 heavy (non-hydrogen) atoms. The molecule has 0 bridgehead atoms. The van der Waals surface area contributed by atoms with E-state index in [4.69, 9.17) is 0 Å². The van der Waals surface area contributed by atoms with Gasteiger partial charge in [-0.15, -0.1) is 0 Å². The third-order valence-electron chi connectivity index (χ3n) is 3.51. The zero-order valence-electron chi connectivity index (χ0n) is 11.8. The Morgan fingerprint density at radius 3 is 2.55 bits per heavy atom. The molecule has 4 nitrogen and oxygen atoms in total. The number of anilines is 2. The molecule has 2 atom stereocenters. The molecule has 0 radical (unpaired) electrons. The zero-order valence-corrected chi connectivity index (χ0v) is 11.8. The van der Waals surface area contributed by atoms with Gasteiger partial charge in [0.05, 0.1) is 0 Å². The fourth-order valence-electron chi connectivity index (χ4n) is 2.11. The molecule has 1 aliphatic carbocycles. The van der Waals surface area contributed by atoms with Crippen molar-refractivity contribution in [1.82, 2.24) is 9.97 Å². The van der Waals surface area contributed by atoms with Gasteiger partial charge in [0.25, 0.3) is 0 Å². The summed E-state index contributed by atoms with van der Waals surface area (Å²) in [6.45, 7) is 5.13. The van der Waals surface area contributed by atoms with Crippen molar-refractivity contribution in [3.8, 4) is 0 Å². The van der Waals surface area contributed by atoms with Gasteiger partial charge in [-0.2, -0.15) is 18.2 Å². The molecule has 0 spiro atoms. The van der Waals surface area contributed by atoms with Gasteiger partial charge in [-0.05, 0) is 25.2 Å². The zero-order chi connectivity index (χ0) is 14.9. The molecule has 112 valence electrons. The van der Waals surface area contributed by atoms with Gasteiger partial charge in [0.15, 0.2) is 5.69 Å². The van der Waals surface area contributed by atoms with Crippen LogP contribution in [0.15, 0.2) is 6.07 Å². The van der Waals surface area contributed by atoms with Gasteiger partial charge >= 0.3 is 6.18 Å². The first kappa shape index (κ1) is 14.9. The average Bonchev–Trinajstić information content (AvgIpc) is 3.03. The number of nitrogens with one attached hydrogen (secondary N) is 1. The molecule has 0 saturated heterocycles. The summed E-state index contributed by atoms with van der Waals surface area (Å²) in [5.74, 6) is 1.52. The van der Waals surface area contributed by atoms with Crippen molar-refractivity contribution in [1.29, 1.82) is 0 Å². The summed E-state index contributed by atoms with van der Waals surface area (Å²) in [6, 6.07) is 1.01. The van der Waals surface area contributed by atoms with Crippen molar-refractivity contribution in [2.24, 2.45) is 11.8 Å². The van der Waals surface area contributed by atoms with Crippen molar-refractivity contribution in [2.45, 2.75) is 26.4 Å². The summed E-state index contributed by atoms with van der Waals surface area (Å²) >= 11 is 0. The normalized spacial score (nSPS) is 21.7. The van der Waals surface area contributed by atoms with Crippen LogP contribution >= 0.6 is 0 Å². The van der Waals surface area contributed by atoms with Crippen LogP contribution in [-0.4, -0.2) is 30.1 Å². The molecular formula is C13H19F3N4. The monoisotopic (exact) mass is 288 g/mol. The van der Waals surface area contributed by atoms with Crippen molar-refractivity contribution < 1.29 is 13.2 Å². The predicted molar refractivity (Wildman–Crippen MR) is 71.7 cm³/mol. The molecule has 1 heterocycles. The summed E-state index contributed by atoms with van der Waals surface area (Å²) in [6.07, 6.45) is -3.34. The van der Waals surface area contributed by atoms with Gasteiger partial charge in [0, 0.05) is 26.2 Å². The number of nitrogens with zero attached hydrogens (tertiary/aromatic N) is 3. The van der Waals surface area contributed by atoms with Gasteiger partial charge in [0.1, 0.15) is 5.82 Å². The first-order valence-electron chi connectivity index (χ1n) is 6.72. The quantitative estimate of drug-likeness (QED) is 0.904. The Balaban J connectivity index is 2.23. The van der Waals surface area contributed by atoms with Crippen LogP contribution in [0.2, 0.25) is 0 Å². The van der Waals surface area contributed by atoms with Crippen LogP contribution in [0.4, 0.5) is 24.9 Å². The van der Waals surface area contributed by atoms with Crippen molar-refractivity contribution in [3.63, 3.8) is 0 Å². The molecule has 1 fully saturated rings. The summed E-state index contributed by atoms with van der Waals surface area (Å²) in [4.78, 5) is 9.43. The lowest BCUT2D eigenvalue weighted by atomic mass is 10.3. The number of halogens is 3. The molecule has 7 heteroatoms. The molecule has 0 aromatic carbocycles. The Bertz CT molecular complexity index is 475. The highest BCUT2D eigenvalue weighted by Gasteiger charge is 2.36. The lowest BCUT2D eigenvalue weighted by molar-refractivity contribution is -0.141. The number of aromatic nitrogens is 2. The predicted octanol–water partition coefficient (Wildman–Crippen LogP) is 3.02. The van der Waals surface area contributed by atoms with E-state index in [1.165, 1.54) is 0 Å². The smallest absolute Gasteiger partial charge is 0.359 e. The third-order valence-corrected chi connectivity index (χ3v) is 3.51. The van der Waals surface area contributed by atoms with Crippen molar-refractivity contribution >= 4 is 11.8 Å². The van der Waals surface area contributed by atoms with Crippen LogP contribution in [0.5, 0.6) is 0 Å². The highest BCUT2D eigenvalue weighted by atomic mass is 19.4. The van der Waals surface area contributed by atoms with Crippen LogP contribution in [0, 0.1) is 11.8 Å². The maximum atomic E-state index is 12.9. The summed E-state index contributed by atoms with van der Waals surface area (Å²) in [5.41, 5.74) is -0.908. The molecular weight excluding hydrogens is 269 g/mol. The fourth-order valence-corrected chi connectivity index (χ4v) is 2.11. The number of alkyl halides is 3. The van der Waals surface area contributed by atoms with E-state index >= 15 is 0 Å². The van der Waals surface area contributed by atoms with Crippen molar-refractivity contribution in [2.75, 3.05) is 30.4 Å². The number of hydrogen-bond donors (Lipinski definition) is 1. The third kappa shape index (κ3) is 3.52. The lowest BCUT2D eigenvalue weighted by Gasteiger charge is -2.20. The molecule has 0 amide bonds. The van der Waals surface area contributed by atoms with Crippen LogP contribution < -0.4 is 10.2 Å². The summed E-state index contributed by atoms with van der Waals surface area (Å²) < 4.78 is 38.6. The van der Waals surface area contributed by atoms with E-state index in [-0.39, 0.29) is 5.95 Å². The van der Waals surface area contributed by atoms with E-state index < -0.39 is 11.9 Å². The van der Waals surface area contributed by atoms with E-state index in [1.54, 1.807) is 18.9 Å². The van der Waals surface area contributed by atoms with Gasteiger partial charge < -0.3 is 10.2 Å². The van der Waals surface area contributed by atoms with Crippen LogP contribution in [-0.2, 0) is 6.18 Å². The largest absolute Gasteiger partial charge is 0.433 e. The van der Waals surface area contributed by atoms with E-state index in [9.17, 15) is 13.2 Å². The maximum absolute atomic E-state index is 12.9. The standard InChI is InChI=1S/C13H19F3N4/c1-4-17-12-18-10(13(14,15)16)6-11(19-12)20(3)7-9-5-8(9)2/h6,8-9H,4-5,7H2,1-3H3,(H,17,18,19). The van der Waals surface area contributed by atoms with Gasteiger partial charge in [-0.3, -0.25) is 0 Å². The summed E-state index contributed by atoms with van der Waals surface area (Å²) in [5, 5.41) is 2.74. The molecule has 2 unspecified atom stereocenters. The van der Waals surface area contributed by atoms with Crippen LogP contribution in [0.25, 0.3) is 0 Å². The highest BCUT2D eigenvalue weighted by Crippen LogP contribution is 2.39. The Kier molecular flexibility index (Phi) is 4.06. The van der Waals surface area contributed by atoms with E-state index in [1.807, 2.05) is 0 Å². The number of hydrogen-bond acceptors (Lipinski definition) is 4. The minimum absolute atomic E-state index is 0.0213. The molecule has 1 N–H and O–H groups in total. The second-order valence-electron chi connectivity index (χ2n) is 5.32.